The van der Waals surface area contributed by atoms with Crippen molar-refractivity contribution in [1.29, 1.82) is 0 Å². The summed E-state index contributed by atoms with van der Waals surface area (Å²) in [6.07, 6.45) is -0.760. The van der Waals surface area contributed by atoms with E-state index < -0.39 is 50.2 Å². The van der Waals surface area contributed by atoms with Crippen molar-refractivity contribution in [3.63, 3.8) is 0 Å². The largest absolute Gasteiger partial charge is 0.475 e. The van der Waals surface area contributed by atoms with Gasteiger partial charge in [0.15, 0.2) is 5.83 Å². The zero-order chi connectivity index (χ0) is 16.6. The Bertz CT molecular complexity index is 595. The maximum absolute atomic E-state index is 13.4. The van der Waals surface area contributed by atoms with Crippen LogP contribution in [0.4, 0.5) is 4.39 Å². The number of hydrogen-bond donors (Lipinski definition) is 0. The molecule has 2 saturated heterocycles. The molecular weight excluding hydrogens is 332 g/mol. The van der Waals surface area contributed by atoms with Crippen LogP contribution >= 0.6 is 7.82 Å². The molecule has 0 bridgehead atoms. The first-order valence-electron chi connectivity index (χ1n) is 7.36. The predicted octanol–water partition coefficient (Wildman–Crippen LogP) is 1.66. The second-order valence-electron chi connectivity index (χ2n) is 5.46. The quantitative estimate of drug-likeness (QED) is 0.563. The van der Waals surface area contributed by atoms with Crippen molar-refractivity contribution in [3.8, 4) is 0 Å². The first-order chi connectivity index (χ1) is 10.9. The first-order valence-corrected chi connectivity index (χ1v) is 8.82. The van der Waals surface area contributed by atoms with E-state index in [4.69, 9.17) is 18.3 Å². The van der Waals surface area contributed by atoms with Gasteiger partial charge in [-0.2, -0.15) is 0 Å². The van der Waals surface area contributed by atoms with Crippen LogP contribution in [-0.2, 0) is 32.5 Å². The molecule has 0 radical (unpaired) electrons. The van der Waals surface area contributed by atoms with Crippen LogP contribution in [-0.4, -0.2) is 48.2 Å². The van der Waals surface area contributed by atoms with Gasteiger partial charge in [-0.3, -0.25) is 28.1 Å². The van der Waals surface area contributed by atoms with Crippen molar-refractivity contribution < 1.29 is 36.9 Å². The highest BCUT2D eigenvalue weighted by Crippen LogP contribution is 2.56. The van der Waals surface area contributed by atoms with Crippen LogP contribution in [0.5, 0.6) is 0 Å². The summed E-state index contributed by atoms with van der Waals surface area (Å²) in [7, 11) is -3.63. The molecular formula is C13H17FNO7P. The Morgan fingerprint density at radius 1 is 1.43 bits per heavy atom. The predicted molar refractivity (Wildman–Crippen MR) is 73.6 cm³/mol. The Kier molecular flexibility index (Phi) is 4.66. The zero-order valence-electron chi connectivity index (χ0n) is 12.5. The minimum atomic E-state index is -3.63. The standard InChI is InChI=1S/C13H17FNO7P/c1-2-3-19-23(18)20-7-11-10(22-23)5-13(21-11)15-6-8(14)9(16)4-12(15)17/h6,10-11,13H,2-5,7H2,1H3/t10-,11+,13+,23?/m0/s1. The monoisotopic (exact) mass is 349 g/mol. The summed E-state index contributed by atoms with van der Waals surface area (Å²) in [5.41, 5.74) is 0. The summed E-state index contributed by atoms with van der Waals surface area (Å²) in [5.74, 6) is -2.39. The molecule has 4 atom stereocenters. The Morgan fingerprint density at radius 3 is 2.96 bits per heavy atom. The van der Waals surface area contributed by atoms with Crippen molar-refractivity contribution in [1.82, 2.24) is 4.90 Å². The fourth-order valence-corrected chi connectivity index (χ4v) is 4.07. The number of halogens is 1. The smallest absolute Gasteiger partial charge is 0.349 e. The van der Waals surface area contributed by atoms with Crippen molar-refractivity contribution in [3.05, 3.63) is 12.0 Å². The van der Waals surface area contributed by atoms with Crippen LogP contribution in [0.3, 0.4) is 0 Å². The number of amides is 1. The Labute approximate surface area is 132 Å². The average molecular weight is 349 g/mol. The number of ether oxygens (including phenoxy) is 1. The van der Waals surface area contributed by atoms with Gasteiger partial charge in [0.2, 0.25) is 11.7 Å². The maximum atomic E-state index is 13.4. The molecule has 8 nitrogen and oxygen atoms in total. The molecule has 1 amide bonds. The fraction of sp³-hybridized carbons (Fsp3) is 0.692. The summed E-state index contributed by atoms with van der Waals surface area (Å²) in [6.45, 7) is 2.09. The number of carbonyl (C=O) groups excluding carboxylic acids is 2. The van der Waals surface area contributed by atoms with E-state index in [-0.39, 0.29) is 19.6 Å². The molecule has 0 aromatic carbocycles. The third-order valence-electron chi connectivity index (χ3n) is 3.72. The Hall–Kier alpha value is -1.12. The molecule has 0 aromatic rings. The molecule has 0 aromatic heterocycles. The first kappa shape index (κ1) is 16.7. The molecule has 3 aliphatic rings. The van der Waals surface area contributed by atoms with Gasteiger partial charge in [-0.25, -0.2) is 8.96 Å². The van der Waals surface area contributed by atoms with Gasteiger partial charge in [0.05, 0.1) is 19.6 Å². The van der Waals surface area contributed by atoms with E-state index in [9.17, 15) is 18.5 Å². The van der Waals surface area contributed by atoms with E-state index in [0.29, 0.717) is 6.42 Å². The molecule has 10 heteroatoms. The van der Waals surface area contributed by atoms with Gasteiger partial charge in [-0.1, -0.05) is 6.92 Å². The number of phosphoric ester groups is 1. The number of Topliss-reactive ketones (excluding diaryl/α,β-unsaturated/α-hetero) is 1. The Morgan fingerprint density at radius 2 is 2.22 bits per heavy atom. The Balaban J connectivity index is 1.68. The van der Waals surface area contributed by atoms with Gasteiger partial charge < -0.3 is 4.74 Å². The molecule has 0 saturated carbocycles. The molecule has 2 fully saturated rings. The van der Waals surface area contributed by atoms with Gasteiger partial charge in [-0.05, 0) is 6.42 Å². The zero-order valence-corrected chi connectivity index (χ0v) is 13.4. The van der Waals surface area contributed by atoms with Crippen LogP contribution in [0, 0.1) is 0 Å². The summed E-state index contributed by atoms with van der Waals surface area (Å²) < 4.78 is 46.9. The number of ketones is 1. The topological polar surface area (TPSA) is 91.4 Å². The van der Waals surface area contributed by atoms with Crippen LogP contribution in [0.2, 0.25) is 0 Å². The molecule has 1 unspecified atom stereocenters. The molecule has 0 N–H and O–H groups in total. The normalized spacial score (nSPS) is 37.7. The van der Waals surface area contributed by atoms with Crippen molar-refractivity contribution in [2.45, 2.75) is 44.6 Å². The van der Waals surface area contributed by atoms with Gasteiger partial charge in [0.1, 0.15) is 18.4 Å². The van der Waals surface area contributed by atoms with E-state index in [1.807, 2.05) is 6.92 Å². The SMILES string of the molecule is CCCOP1(=O)OC[C@H]2O[C@@H](N3C=C(F)C(=O)CC3=O)C[C@@H]2O1. The van der Waals surface area contributed by atoms with Crippen LogP contribution in [0.1, 0.15) is 26.2 Å². The minimum absolute atomic E-state index is 0.00465. The lowest BCUT2D eigenvalue weighted by Crippen LogP contribution is -2.40. The molecule has 0 aliphatic carbocycles. The van der Waals surface area contributed by atoms with Crippen molar-refractivity contribution in [2.75, 3.05) is 13.2 Å². The van der Waals surface area contributed by atoms with Crippen molar-refractivity contribution in [2.24, 2.45) is 0 Å². The number of phosphoric acid groups is 1. The third kappa shape index (κ3) is 3.39. The summed E-state index contributed by atoms with van der Waals surface area (Å²) in [6, 6.07) is 0. The minimum Gasteiger partial charge on any atom is -0.349 e. The van der Waals surface area contributed by atoms with Crippen LogP contribution in [0.15, 0.2) is 12.0 Å². The number of rotatable bonds is 4. The van der Waals surface area contributed by atoms with E-state index in [1.165, 1.54) is 0 Å². The van der Waals surface area contributed by atoms with Gasteiger partial charge in [0, 0.05) is 12.6 Å². The molecule has 3 rings (SSSR count). The highest BCUT2D eigenvalue weighted by atomic mass is 31.2. The average Bonchev–Trinajstić information content (AvgIpc) is 2.91. The molecule has 3 aliphatic heterocycles. The van der Waals surface area contributed by atoms with Crippen molar-refractivity contribution >= 4 is 19.5 Å². The van der Waals surface area contributed by atoms with Crippen LogP contribution < -0.4 is 0 Å². The maximum Gasteiger partial charge on any atom is 0.475 e. The van der Waals surface area contributed by atoms with Crippen LogP contribution in [0.25, 0.3) is 0 Å². The summed E-state index contributed by atoms with van der Waals surface area (Å²) >= 11 is 0. The summed E-state index contributed by atoms with van der Waals surface area (Å²) in [4.78, 5) is 24.1. The lowest BCUT2D eigenvalue weighted by molar-refractivity contribution is -0.146. The lowest BCUT2D eigenvalue weighted by Gasteiger charge is -2.29. The highest BCUT2D eigenvalue weighted by Gasteiger charge is 2.49. The van der Waals surface area contributed by atoms with Gasteiger partial charge >= 0.3 is 7.82 Å². The van der Waals surface area contributed by atoms with E-state index in [0.717, 1.165) is 11.1 Å². The van der Waals surface area contributed by atoms with E-state index >= 15 is 0 Å². The number of hydrogen-bond acceptors (Lipinski definition) is 7. The van der Waals surface area contributed by atoms with Gasteiger partial charge in [0.25, 0.3) is 0 Å². The number of fused-ring (bicyclic) bond motifs is 1. The van der Waals surface area contributed by atoms with E-state index in [2.05, 4.69) is 0 Å². The highest BCUT2D eigenvalue weighted by molar-refractivity contribution is 7.48. The number of allylic oxidation sites excluding steroid dienone is 1. The number of nitrogens with zero attached hydrogens (tertiary/aromatic N) is 1. The second-order valence-corrected chi connectivity index (χ2v) is 7.08. The molecule has 23 heavy (non-hydrogen) atoms. The van der Waals surface area contributed by atoms with E-state index in [1.54, 1.807) is 0 Å². The molecule has 3 heterocycles. The lowest BCUT2D eigenvalue weighted by atomic mass is 10.1. The summed E-state index contributed by atoms with van der Waals surface area (Å²) in [5, 5.41) is 0. The fourth-order valence-electron chi connectivity index (χ4n) is 2.59. The number of carbonyl (C=O) groups is 2. The molecule has 0 spiro atoms. The van der Waals surface area contributed by atoms with Gasteiger partial charge in [-0.15, -0.1) is 0 Å². The second kappa shape index (κ2) is 6.41. The third-order valence-corrected chi connectivity index (χ3v) is 5.22. The molecule has 128 valence electrons.